The smallest absolute Gasteiger partial charge is 0.306 e. The van der Waals surface area contributed by atoms with E-state index in [9.17, 15) is 14.4 Å². The minimum Gasteiger partial charge on any atom is -0.469 e. The Morgan fingerprint density at radius 1 is 1.47 bits per heavy atom. The summed E-state index contributed by atoms with van der Waals surface area (Å²) in [5.74, 6) is -1.82. The van der Waals surface area contributed by atoms with Crippen molar-refractivity contribution in [3.8, 4) is 0 Å². The number of esters is 2. The number of allylic oxidation sites excluding steroid dienone is 1. The van der Waals surface area contributed by atoms with Crippen LogP contribution in [0, 0.1) is 5.92 Å². The zero-order valence-electron chi connectivity index (χ0n) is 8.56. The second-order valence-electron chi connectivity index (χ2n) is 3.22. The number of carbonyl (C=O) groups is 3. The summed E-state index contributed by atoms with van der Waals surface area (Å²) in [6.45, 7) is 1.26. The molecular weight excluding hydrogens is 200 g/mol. The van der Waals surface area contributed by atoms with Gasteiger partial charge in [-0.2, -0.15) is 0 Å². The SMILES string of the molecule is COC(=O)C[C@@H]1C(=O)C=C[C@H]1OC(C)=O. The summed E-state index contributed by atoms with van der Waals surface area (Å²) < 4.78 is 9.34. The number of carbonyl (C=O) groups excluding carboxylic acids is 3. The first-order valence-corrected chi connectivity index (χ1v) is 4.50. The molecule has 0 N–H and O–H groups in total. The second-order valence-corrected chi connectivity index (χ2v) is 3.22. The van der Waals surface area contributed by atoms with Crippen LogP contribution < -0.4 is 0 Å². The summed E-state index contributed by atoms with van der Waals surface area (Å²) in [4.78, 5) is 33.1. The van der Waals surface area contributed by atoms with Crippen molar-refractivity contribution in [2.75, 3.05) is 7.11 Å². The molecule has 15 heavy (non-hydrogen) atoms. The van der Waals surface area contributed by atoms with Crippen molar-refractivity contribution in [1.82, 2.24) is 0 Å². The molecule has 0 fully saturated rings. The lowest BCUT2D eigenvalue weighted by atomic mass is 10.00. The van der Waals surface area contributed by atoms with Crippen molar-refractivity contribution >= 4 is 17.7 Å². The Balaban J connectivity index is 2.63. The van der Waals surface area contributed by atoms with E-state index in [4.69, 9.17) is 4.74 Å². The molecule has 0 aromatic heterocycles. The van der Waals surface area contributed by atoms with Gasteiger partial charge < -0.3 is 9.47 Å². The summed E-state index contributed by atoms with van der Waals surface area (Å²) in [6, 6.07) is 0. The number of ketones is 1. The van der Waals surface area contributed by atoms with Crippen LogP contribution in [-0.4, -0.2) is 30.9 Å². The fraction of sp³-hybridized carbons (Fsp3) is 0.500. The van der Waals surface area contributed by atoms with Crippen LogP contribution in [0.25, 0.3) is 0 Å². The lowest BCUT2D eigenvalue weighted by Crippen LogP contribution is -2.27. The highest BCUT2D eigenvalue weighted by Crippen LogP contribution is 2.22. The molecule has 2 atom stereocenters. The van der Waals surface area contributed by atoms with Crippen molar-refractivity contribution < 1.29 is 23.9 Å². The number of rotatable bonds is 3. The second kappa shape index (κ2) is 4.72. The van der Waals surface area contributed by atoms with E-state index in [-0.39, 0.29) is 12.2 Å². The molecule has 82 valence electrons. The van der Waals surface area contributed by atoms with E-state index in [2.05, 4.69) is 4.74 Å². The molecule has 1 rings (SSSR count). The highest BCUT2D eigenvalue weighted by Gasteiger charge is 2.34. The van der Waals surface area contributed by atoms with Gasteiger partial charge in [0, 0.05) is 6.92 Å². The first kappa shape index (κ1) is 11.4. The van der Waals surface area contributed by atoms with E-state index in [0.29, 0.717) is 0 Å². The molecule has 0 saturated carbocycles. The highest BCUT2D eigenvalue weighted by molar-refractivity contribution is 5.97. The third-order valence-electron chi connectivity index (χ3n) is 2.13. The Bertz CT molecular complexity index is 318. The van der Waals surface area contributed by atoms with Crippen LogP contribution in [0.1, 0.15) is 13.3 Å². The topological polar surface area (TPSA) is 69.7 Å². The van der Waals surface area contributed by atoms with Gasteiger partial charge in [-0.15, -0.1) is 0 Å². The quantitative estimate of drug-likeness (QED) is 0.626. The van der Waals surface area contributed by atoms with E-state index in [1.807, 2.05) is 0 Å². The van der Waals surface area contributed by atoms with Crippen LogP contribution >= 0.6 is 0 Å². The van der Waals surface area contributed by atoms with E-state index in [0.717, 1.165) is 0 Å². The van der Waals surface area contributed by atoms with Crippen LogP contribution in [0.3, 0.4) is 0 Å². The summed E-state index contributed by atoms with van der Waals surface area (Å²) >= 11 is 0. The maximum Gasteiger partial charge on any atom is 0.306 e. The summed E-state index contributed by atoms with van der Waals surface area (Å²) in [5, 5.41) is 0. The van der Waals surface area contributed by atoms with Gasteiger partial charge >= 0.3 is 11.9 Å². The van der Waals surface area contributed by atoms with Crippen molar-refractivity contribution in [1.29, 1.82) is 0 Å². The molecule has 0 aromatic carbocycles. The first-order valence-electron chi connectivity index (χ1n) is 4.50. The number of hydrogen-bond acceptors (Lipinski definition) is 5. The number of methoxy groups -OCH3 is 1. The van der Waals surface area contributed by atoms with E-state index < -0.39 is 24.0 Å². The van der Waals surface area contributed by atoms with Crippen LogP contribution in [0.5, 0.6) is 0 Å². The van der Waals surface area contributed by atoms with E-state index >= 15 is 0 Å². The zero-order valence-corrected chi connectivity index (χ0v) is 8.56. The first-order chi connectivity index (χ1) is 7.04. The van der Waals surface area contributed by atoms with Gasteiger partial charge in [0.2, 0.25) is 0 Å². The molecule has 0 aliphatic heterocycles. The van der Waals surface area contributed by atoms with Gasteiger partial charge in [-0.1, -0.05) is 0 Å². The number of ether oxygens (including phenoxy) is 2. The van der Waals surface area contributed by atoms with Gasteiger partial charge in [-0.3, -0.25) is 14.4 Å². The molecule has 0 aromatic rings. The molecule has 0 bridgehead atoms. The number of hydrogen-bond donors (Lipinski definition) is 0. The van der Waals surface area contributed by atoms with E-state index in [1.54, 1.807) is 0 Å². The summed E-state index contributed by atoms with van der Waals surface area (Å²) in [7, 11) is 1.25. The largest absolute Gasteiger partial charge is 0.469 e. The fourth-order valence-corrected chi connectivity index (χ4v) is 1.40. The predicted octanol–water partition coefficient (Wildman–Crippen LogP) is 0.236. The molecule has 0 spiro atoms. The van der Waals surface area contributed by atoms with Crippen LogP contribution in [0.2, 0.25) is 0 Å². The summed E-state index contributed by atoms with van der Waals surface area (Å²) in [6.07, 6.45) is 2.09. The molecular formula is C10H12O5. The molecule has 0 heterocycles. The van der Waals surface area contributed by atoms with Crippen molar-refractivity contribution in [3.05, 3.63) is 12.2 Å². The highest BCUT2D eigenvalue weighted by atomic mass is 16.5. The molecule has 5 heteroatoms. The Morgan fingerprint density at radius 3 is 2.67 bits per heavy atom. The maximum absolute atomic E-state index is 11.3. The van der Waals surface area contributed by atoms with Crippen molar-refractivity contribution in [2.24, 2.45) is 5.92 Å². The van der Waals surface area contributed by atoms with Crippen LogP contribution in [-0.2, 0) is 23.9 Å². The van der Waals surface area contributed by atoms with Crippen molar-refractivity contribution in [2.45, 2.75) is 19.4 Å². The Hall–Kier alpha value is -1.65. The van der Waals surface area contributed by atoms with Crippen LogP contribution in [0.4, 0.5) is 0 Å². The molecule has 0 unspecified atom stereocenters. The van der Waals surface area contributed by atoms with E-state index in [1.165, 1.54) is 26.2 Å². The standard InChI is InChI=1S/C10H12O5/c1-6(11)15-9-4-3-8(12)7(9)5-10(13)14-2/h3-4,7,9H,5H2,1-2H3/t7-,9-/m1/s1. The molecule has 1 aliphatic carbocycles. The lowest BCUT2D eigenvalue weighted by Gasteiger charge is -2.16. The monoisotopic (exact) mass is 212 g/mol. The average Bonchev–Trinajstić information content (AvgIpc) is 2.49. The van der Waals surface area contributed by atoms with Gasteiger partial charge in [0.1, 0.15) is 6.10 Å². The summed E-state index contributed by atoms with van der Waals surface area (Å²) in [5.41, 5.74) is 0. The molecule has 1 aliphatic rings. The minimum atomic E-state index is -0.644. The minimum absolute atomic E-state index is 0.0692. The van der Waals surface area contributed by atoms with Gasteiger partial charge in [-0.25, -0.2) is 0 Å². The average molecular weight is 212 g/mol. The molecule has 0 radical (unpaired) electrons. The zero-order chi connectivity index (χ0) is 11.4. The van der Waals surface area contributed by atoms with Gasteiger partial charge in [0.25, 0.3) is 0 Å². The third kappa shape index (κ3) is 2.90. The van der Waals surface area contributed by atoms with Gasteiger partial charge in [-0.05, 0) is 12.2 Å². The third-order valence-corrected chi connectivity index (χ3v) is 2.13. The van der Waals surface area contributed by atoms with Crippen LogP contribution in [0.15, 0.2) is 12.2 Å². The van der Waals surface area contributed by atoms with Crippen molar-refractivity contribution in [3.63, 3.8) is 0 Å². The molecule has 0 saturated heterocycles. The normalized spacial score (nSPS) is 24.0. The Labute approximate surface area is 87.0 Å². The fourth-order valence-electron chi connectivity index (χ4n) is 1.40. The molecule has 0 amide bonds. The van der Waals surface area contributed by atoms with Gasteiger partial charge in [0.15, 0.2) is 5.78 Å². The predicted molar refractivity (Wildman–Crippen MR) is 49.8 cm³/mol. The lowest BCUT2D eigenvalue weighted by molar-refractivity contribution is -0.151. The Morgan fingerprint density at radius 2 is 2.13 bits per heavy atom. The van der Waals surface area contributed by atoms with Gasteiger partial charge in [0.05, 0.1) is 19.4 Å². The maximum atomic E-state index is 11.3. The molecule has 5 nitrogen and oxygen atoms in total. The Kier molecular flexibility index (Phi) is 3.60.